The SMILES string of the molecule is O=C(NC(=S)Nc1cccc(NC(=O)c2ccccc2Cl)c1)c1ccccc1F. The predicted molar refractivity (Wildman–Crippen MR) is 116 cm³/mol. The minimum Gasteiger partial charge on any atom is -0.332 e. The second-order valence-electron chi connectivity index (χ2n) is 5.90. The van der Waals surface area contributed by atoms with E-state index in [1.165, 1.54) is 18.2 Å². The number of carbonyl (C=O) groups is 2. The van der Waals surface area contributed by atoms with Gasteiger partial charge in [0.15, 0.2) is 5.11 Å². The summed E-state index contributed by atoms with van der Waals surface area (Å²) >= 11 is 11.1. The Labute approximate surface area is 176 Å². The van der Waals surface area contributed by atoms with Gasteiger partial charge in [-0.3, -0.25) is 14.9 Å². The first kappa shape index (κ1) is 20.4. The van der Waals surface area contributed by atoms with E-state index in [9.17, 15) is 14.0 Å². The van der Waals surface area contributed by atoms with Crippen LogP contribution in [0, 0.1) is 5.82 Å². The molecule has 0 unspecified atom stereocenters. The van der Waals surface area contributed by atoms with Crippen LogP contribution in [0.25, 0.3) is 0 Å². The van der Waals surface area contributed by atoms with Gasteiger partial charge < -0.3 is 10.6 Å². The Bertz CT molecular complexity index is 1090. The molecule has 146 valence electrons. The molecule has 0 heterocycles. The number of carbonyl (C=O) groups excluding carboxylic acids is 2. The molecule has 0 aliphatic carbocycles. The maximum Gasteiger partial charge on any atom is 0.260 e. The van der Waals surface area contributed by atoms with Crippen molar-refractivity contribution < 1.29 is 14.0 Å². The van der Waals surface area contributed by atoms with Crippen molar-refractivity contribution in [2.75, 3.05) is 10.6 Å². The van der Waals surface area contributed by atoms with E-state index in [-0.39, 0.29) is 16.6 Å². The highest BCUT2D eigenvalue weighted by Crippen LogP contribution is 2.19. The van der Waals surface area contributed by atoms with Crippen LogP contribution in [0.2, 0.25) is 5.02 Å². The monoisotopic (exact) mass is 427 g/mol. The average molecular weight is 428 g/mol. The largest absolute Gasteiger partial charge is 0.332 e. The van der Waals surface area contributed by atoms with Gasteiger partial charge in [0.05, 0.1) is 16.1 Å². The molecule has 0 aromatic heterocycles. The first-order chi connectivity index (χ1) is 13.9. The fraction of sp³-hybridized carbons (Fsp3) is 0. The van der Waals surface area contributed by atoms with Crippen LogP contribution in [0.15, 0.2) is 72.8 Å². The zero-order valence-electron chi connectivity index (χ0n) is 14.9. The van der Waals surface area contributed by atoms with Crippen LogP contribution in [0.5, 0.6) is 0 Å². The molecule has 3 aromatic rings. The number of thiocarbonyl (C=S) groups is 1. The van der Waals surface area contributed by atoms with Crippen LogP contribution in [0.4, 0.5) is 15.8 Å². The smallest absolute Gasteiger partial charge is 0.260 e. The minimum atomic E-state index is -0.663. The lowest BCUT2D eigenvalue weighted by atomic mass is 10.2. The summed E-state index contributed by atoms with van der Waals surface area (Å²) in [6.07, 6.45) is 0. The summed E-state index contributed by atoms with van der Waals surface area (Å²) < 4.78 is 13.7. The van der Waals surface area contributed by atoms with E-state index in [0.717, 1.165) is 0 Å². The van der Waals surface area contributed by atoms with Gasteiger partial charge in [-0.05, 0) is 54.7 Å². The highest BCUT2D eigenvalue weighted by molar-refractivity contribution is 7.80. The van der Waals surface area contributed by atoms with E-state index in [4.69, 9.17) is 23.8 Å². The van der Waals surface area contributed by atoms with Crippen molar-refractivity contribution in [1.82, 2.24) is 5.32 Å². The molecule has 0 radical (unpaired) electrons. The van der Waals surface area contributed by atoms with E-state index >= 15 is 0 Å². The Morgan fingerprint density at radius 3 is 2.10 bits per heavy atom. The van der Waals surface area contributed by atoms with Gasteiger partial charge in [-0.15, -0.1) is 0 Å². The molecule has 0 saturated heterocycles. The second kappa shape index (κ2) is 9.27. The van der Waals surface area contributed by atoms with Gasteiger partial charge in [0.2, 0.25) is 0 Å². The third kappa shape index (κ3) is 5.37. The number of anilines is 2. The number of benzene rings is 3. The van der Waals surface area contributed by atoms with Crippen molar-refractivity contribution in [1.29, 1.82) is 0 Å². The molecule has 0 spiro atoms. The van der Waals surface area contributed by atoms with Crippen LogP contribution in [-0.4, -0.2) is 16.9 Å². The summed E-state index contributed by atoms with van der Waals surface area (Å²) in [5.41, 5.74) is 1.27. The number of rotatable bonds is 4. The Kier molecular flexibility index (Phi) is 6.54. The van der Waals surface area contributed by atoms with E-state index < -0.39 is 11.7 Å². The standard InChI is InChI=1S/C21H15ClFN3O2S/c22-17-10-3-1-8-15(17)19(27)24-13-6-5-7-14(12-13)25-21(29)26-20(28)16-9-2-4-11-18(16)23/h1-12H,(H,24,27)(H2,25,26,28,29). The topological polar surface area (TPSA) is 70.2 Å². The van der Waals surface area contributed by atoms with Crippen LogP contribution >= 0.6 is 23.8 Å². The first-order valence-corrected chi connectivity index (χ1v) is 9.25. The highest BCUT2D eigenvalue weighted by Gasteiger charge is 2.13. The van der Waals surface area contributed by atoms with Gasteiger partial charge in [-0.25, -0.2) is 4.39 Å². The Hall–Kier alpha value is -3.29. The number of amides is 2. The fourth-order valence-corrected chi connectivity index (χ4v) is 2.93. The molecular formula is C21H15ClFN3O2S. The lowest BCUT2D eigenvalue weighted by Gasteiger charge is -2.12. The Morgan fingerprint density at radius 1 is 0.793 bits per heavy atom. The predicted octanol–water partition coefficient (Wildman–Crippen LogP) is 4.86. The molecule has 29 heavy (non-hydrogen) atoms. The van der Waals surface area contributed by atoms with Crippen LogP contribution in [0.3, 0.4) is 0 Å². The maximum atomic E-state index is 13.7. The molecule has 8 heteroatoms. The number of nitrogens with one attached hydrogen (secondary N) is 3. The lowest BCUT2D eigenvalue weighted by Crippen LogP contribution is -2.34. The molecule has 3 rings (SSSR count). The summed E-state index contributed by atoms with van der Waals surface area (Å²) in [7, 11) is 0. The van der Waals surface area contributed by atoms with E-state index in [1.54, 1.807) is 54.6 Å². The fourth-order valence-electron chi connectivity index (χ4n) is 2.50. The zero-order valence-corrected chi connectivity index (χ0v) is 16.5. The molecule has 3 N–H and O–H groups in total. The van der Waals surface area contributed by atoms with Gasteiger partial charge in [0.1, 0.15) is 5.82 Å². The first-order valence-electron chi connectivity index (χ1n) is 8.47. The van der Waals surface area contributed by atoms with Crippen molar-refractivity contribution in [2.45, 2.75) is 0 Å². The normalized spacial score (nSPS) is 10.1. The van der Waals surface area contributed by atoms with Crippen molar-refractivity contribution in [2.24, 2.45) is 0 Å². The van der Waals surface area contributed by atoms with Gasteiger partial charge >= 0.3 is 0 Å². The van der Waals surface area contributed by atoms with Crippen molar-refractivity contribution in [3.05, 3.63) is 94.8 Å². The summed E-state index contributed by atoms with van der Waals surface area (Å²) in [4.78, 5) is 24.5. The van der Waals surface area contributed by atoms with Crippen LogP contribution in [-0.2, 0) is 0 Å². The van der Waals surface area contributed by atoms with Crippen LogP contribution < -0.4 is 16.0 Å². The molecule has 0 fully saturated rings. The Balaban J connectivity index is 1.64. The molecule has 3 aromatic carbocycles. The van der Waals surface area contributed by atoms with E-state index in [2.05, 4.69) is 16.0 Å². The molecule has 0 atom stereocenters. The Morgan fingerprint density at radius 2 is 1.41 bits per heavy atom. The van der Waals surface area contributed by atoms with Gasteiger partial charge in [0, 0.05) is 11.4 Å². The summed E-state index contributed by atoms with van der Waals surface area (Å²) in [6, 6.07) is 19.0. The summed E-state index contributed by atoms with van der Waals surface area (Å²) in [6.45, 7) is 0. The molecule has 0 aliphatic heterocycles. The summed E-state index contributed by atoms with van der Waals surface area (Å²) in [5, 5.41) is 8.32. The van der Waals surface area contributed by atoms with Gasteiger partial charge in [-0.2, -0.15) is 0 Å². The summed E-state index contributed by atoms with van der Waals surface area (Å²) in [5.74, 6) is -1.66. The van der Waals surface area contributed by atoms with Gasteiger partial charge in [0.25, 0.3) is 11.8 Å². The van der Waals surface area contributed by atoms with Crippen molar-refractivity contribution in [3.8, 4) is 0 Å². The van der Waals surface area contributed by atoms with Crippen molar-refractivity contribution in [3.63, 3.8) is 0 Å². The quantitative estimate of drug-likeness (QED) is 0.520. The number of halogens is 2. The average Bonchev–Trinajstić information content (AvgIpc) is 2.68. The maximum absolute atomic E-state index is 13.7. The molecule has 0 saturated carbocycles. The molecular weight excluding hydrogens is 413 g/mol. The number of hydrogen-bond donors (Lipinski definition) is 3. The third-order valence-corrected chi connectivity index (χ3v) is 4.38. The minimum absolute atomic E-state index is 0.00664. The van der Waals surface area contributed by atoms with E-state index in [0.29, 0.717) is 22.0 Å². The van der Waals surface area contributed by atoms with E-state index in [1.807, 2.05) is 0 Å². The highest BCUT2D eigenvalue weighted by atomic mass is 35.5. The lowest BCUT2D eigenvalue weighted by molar-refractivity contribution is 0.0972. The van der Waals surface area contributed by atoms with Crippen LogP contribution in [0.1, 0.15) is 20.7 Å². The second-order valence-corrected chi connectivity index (χ2v) is 6.72. The molecule has 0 aliphatic rings. The van der Waals surface area contributed by atoms with Crippen molar-refractivity contribution >= 4 is 52.1 Å². The van der Waals surface area contributed by atoms with Gasteiger partial charge in [-0.1, -0.05) is 41.9 Å². The zero-order chi connectivity index (χ0) is 20.8. The molecule has 2 amide bonds. The third-order valence-electron chi connectivity index (χ3n) is 3.84. The molecule has 5 nitrogen and oxygen atoms in total. The molecule has 0 bridgehead atoms. The number of hydrogen-bond acceptors (Lipinski definition) is 3.